The highest BCUT2D eigenvalue weighted by atomic mass is 32.2. The van der Waals surface area contributed by atoms with E-state index in [0.717, 1.165) is 11.3 Å². The molecule has 0 saturated heterocycles. The summed E-state index contributed by atoms with van der Waals surface area (Å²) in [6, 6.07) is 8.28. The molecule has 0 saturated carbocycles. The molecule has 6 nitrogen and oxygen atoms in total. The Labute approximate surface area is 118 Å². The Morgan fingerprint density at radius 1 is 1.20 bits per heavy atom. The first-order valence-corrected chi connectivity index (χ1v) is 7.45. The number of rotatable bonds is 4. The largest absolute Gasteiger partial charge is 0.397 e. The van der Waals surface area contributed by atoms with Gasteiger partial charge in [-0.1, -0.05) is 0 Å². The summed E-state index contributed by atoms with van der Waals surface area (Å²) in [7, 11) is -1.86. The van der Waals surface area contributed by atoms with E-state index in [0.29, 0.717) is 12.2 Å². The van der Waals surface area contributed by atoms with E-state index < -0.39 is 10.0 Å². The molecule has 0 fully saturated rings. The molecule has 4 N–H and O–H groups in total. The van der Waals surface area contributed by atoms with E-state index in [9.17, 15) is 8.42 Å². The maximum atomic E-state index is 11.3. The van der Waals surface area contributed by atoms with Gasteiger partial charge in [-0.15, -0.1) is 0 Å². The molecule has 0 unspecified atom stereocenters. The van der Waals surface area contributed by atoms with E-state index >= 15 is 0 Å². The molecule has 1 aromatic heterocycles. The van der Waals surface area contributed by atoms with Gasteiger partial charge in [-0.25, -0.2) is 13.6 Å². The minimum Gasteiger partial charge on any atom is -0.397 e. The Balaban J connectivity index is 2.25. The second-order valence-electron chi connectivity index (χ2n) is 4.48. The lowest BCUT2D eigenvalue weighted by Gasteiger charge is -2.21. The number of nitrogens with two attached hydrogens (primary N) is 2. The van der Waals surface area contributed by atoms with E-state index in [4.69, 9.17) is 10.9 Å². The summed E-state index contributed by atoms with van der Waals surface area (Å²) in [5, 5.41) is 5.07. The molecule has 0 aliphatic heterocycles. The zero-order valence-corrected chi connectivity index (χ0v) is 11.8. The summed E-state index contributed by atoms with van der Waals surface area (Å²) in [6.07, 6.45) is 3.44. The third-order valence-electron chi connectivity index (χ3n) is 2.91. The second-order valence-corrected chi connectivity index (χ2v) is 6.04. The van der Waals surface area contributed by atoms with Crippen molar-refractivity contribution in [3.63, 3.8) is 0 Å². The maximum Gasteiger partial charge on any atom is 0.238 e. The summed E-state index contributed by atoms with van der Waals surface area (Å²) < 4.78 is 22.5. The van der Waals surface area contributed by atoms with Crippen molar-refractivity contribution in [3.05, 3.63) is 48.3 Å². The standard InChI is InChI=1S/C13H16N4O2S/c1-17(9-10-4-6-16-7-5-10)13-3-2-11(8-12(13)14)20(15,18)19/h2-8H,9,14H2,1H3,(H2,15,18,19). The summed E-state index contributed by atoms with van der Waals surface area (Å²) >= 11 is 0. The third kappa shape index (κ3) is 3.25. The molecule has 1 aromatic carbocycles. The van der Waals surface area contributed by atoms with Crippen LogP contribution < -0.4 is 15.8 Å². The minimum absolute atomic E-state index is 0.0102. The van der Waals surface area contributed by atoms with Crippen molar-refractivity contribution >= 4 is 21.4 Å². The molecular formula is C13H16N4O2S. The van der Waals surface area contributed by atoms with Crippen molar-refractivity contribution in [2.45, 2.75) is 11.4 Å². The smallest absolute Gasteiger partial charge is 0.238 e. The van der Waals surface area contributed by atoms with E-state index in [1.807, 2.05) is 24.1 Å². The fourth-order valence-corrected chi connectivity index (χ4v) is 2.45. The van der Waals surface area contributed by atoms with E-state index in [2.05, 4.69) is 4.98 Å². The zero-order chi connectivity index (χ0) is 14.8. The number of primary sulfonamides is 1. The van der Waals surface area contributed by atoms with Crippen molar-refractivity contribution in [2.75, 3.05) is 17.7 Å². The predicted octanol–water partition coefficient (Wildman–Crippen LogP) is 0.948. The fraction of sp³-hybridized carbons (Fsp3) is 0.154. The average molecular weight is 292 g/mol. The van der Waals surface area contributed by atoms with Gasteiger partial charge in [-0.3, -0.25) is 4.98 Å². The molecule has 0 radical (unpaired) electrons. The van der Waals surface area contributed by atoms with Crippen molar-refractivity contribution in [1.82, 2.24) is 4.98 Å². The van der Waals surface area contributed by atoms with Crippen LogP contribution in [0.25, 0.3) is 0 Å². The monoisotopic (exact) mass is 292 g/mol. The molecule has 7 heteroatoms. The molecular weight excluding hydrogens is 276 g/mol. The molecule has 0 amide bonds. The van der Waals surface area contributed by atoms with E-state index in [1.165, 1.54) is 12.1 Å². The minimum atomic E-state index is -3.73. The molecule has 0 aliphatic carbocycles. The van der Waals surface area contributed by atoms with Gasteiger partial charge in [0.1, 0.15) is 0 Å². The SMILES string of the molecule is CN(Cc1ccncc1)c1ccc(S(N)(=O)=O)cc1N. The van der Waals surface area contributed by atoms with E-state index in [-0.39, 0.29) is 4.90 Å². The first-order valence-electron chi connectivity index (χ1n) is 5.90. The Morgan fingerprint density at radius 2 is 1.85 bits per heavy atom. The molecule has 0 spiro atoms. The van der Waals surface area contributed by atoms with Crippen LogP contribution >= 0.6 is 0 Å². The fourth-order valence-electron chi connectivity index (χ4n) is 1.90. The van der Waals surface area contributed by atoms with Crippen LogP contribution in [0, 0.1) is 0 Å². The van der Waals surface area contributed by atoms with Gasteiger partial charge in [-0.2, -0.15) is 0 Å². The Morgan fingerprint density at radius 3 is 2.40 bits per heavy atom. The number of benzene rings is 1. The molecule has 1 heterocycles. The molecule has 106 valence electrons. The van der Waals surface area contributed by atoms with Crippen LogP contribution in [0.3, 0.4) is 0 Å². The highest BCUT2D eigenvalue weighted by Gasteiger charge is 2.12. The number of hydrogen-bond donors (Lipinski definition) is 2. The van der Waals surface area contributed by atoms with Crippen molar-refractivity contribution < 1.29 is 8.42 Å². The number of nitrogens with zero attached hydrogens (tertiary/aromatic N) is 2. The Kier molecular flexibility index (Phi) is 3.91. The van der Waals surface area contributed by atoms with E-state index in [1.54, 1.807) is 18.5 Å². The number of nitrogen functional groups attached to an aromatic ring is 1. The number of pyridine rings is 1. The molecule has 2 aromatic rings. The van der Waals surface area contributed by atoms with Crippen LogP contribution in [0.15, 0.2) is 47.6 Å². The van der Waals surface area contributed by atoms with Gasteiger partial charge in [0, 0.05) is 26.0 Å². The van der Waals surface area contributed by atoms with Gasteiger partial charge in [0.05, 0.1) is 16.3 Å². The predicted molar refractivity (Wildman–Crippen MR) is 78.6 cm³/mol. The third-order valence-corrected chi connectivity index (χ3v) is 3.82. The number of anilines is 2. The van der Waals surface area contributed by atoms with Gasteiger partial charge in [-0.05, 0) is 35.9 Å². The first-order chi connectivity index (χ1) is 9.38. The molecule has 2 rings (SSSR count). The van der Waals surface area contributed by atoms with Gasteiger partial charge in [0.2, 0.25) is 10.0 Å². The molecule has 0 atom stereocenters. The van der Waals surface area contributed by atoms with Crippen LogP contribution in [0.1, 0.15) is 5.56 Å². The first kappa shape index (κ1) is 14.3. The lowest BCUT2D eigenvalue weighted by atomic mass is 10.2. The molecule has 20 heavy (non-hydrogen) atoms. The van der Waals surface area contributed by atoms with Crippen LogP contribution in [-0.2, 0) is 16.6 Å². The average Bonchev–Trinajstić information content (AvgIpc) is 2.38. The topological polar surface area (TPSA) is 102 Å². The number of hydrogen-bond acceptors (Lipinski definition) is 5. The normalized spacial score (nSPS) is 11.3. The maximum absolute atomic E-state index is 11.3. The summed E-state index contributed by atoms with van der Waals surface area (Å²) in [5.74, 6) is 0. The van der Waals surface area contributed by atoms with Crippen LogP contribution in [0.5, 0.6) is 0 Å². The highest BCUT2D eigenvalue weighted by Crippen LogP contribution is 2.26. The second kappa shape index (κ2) is 5.48. The number of aromatic nitrogens is 1. The van der Waals surface area contributed by atoms with Crippen molar-refractivity contribution in [1.29, 1.82) is 0 Å². The lowest BCUT2D eigenvalue weighted by Crippen LogP contribution is -2.19. The van der Waals surface area contributed by atoms with Gasteiger partial charge >= 0.3 is 0 Å². The lowest BCUT2D eigenvalue weighted by molar-refractivity contribution is 0.598. The summed E-state index contributed by atoms with van der Waals surface area (Å²) in [4.78, 5) is 5.90. The van der Waals surface area contributed by atoms with Crippen molar-refractivity contribution in [2.24, 2.45) is 5.14 Å². The highest BCUT2D eigenvalue weighted by molar-refractivity contribution is 7.89. The Hall–Kier alpha value is -2.12. The quantitative estimate of drug-likeness (QED) is 0.817. The number of sulfonamides is 1. The van der Waals surface area contributed by atoms with Crippen LogP contribution in [0.2, 0.25) is 0 Å². The summed E-state index contributed by atoms with van der Waals surface area (Å²) in [6.45, 7) is 0.640. The Bertz CT molecular complexity index is 702. The van der Waals surface area contributed by atoms with Gasteiger partial charge in [0.15, 0.2) is 0 Å². The zero-order valence-electron chi connectivity index (χ0n) is 11.0. The summed E-state index contributed by atoms with van der Waals surface area (Å²) in [5.41, 5.74) is 8.09. The molecule has 0 bridgehead atoms. The van der Waals surface area contributed by atoms with Gasteiger partial charge < -0.3 is 10.6 Å². The molecule has 0 aliphatic rings. The van der Waals surface area contributed by atoms with Crippen LogP contribution in [0.4, 0.5) is 11.4 Å². The van der Waals surface area contributed by atoms with Gasteiger partial charge in [0.25, 0.3) is 0 Å². The van der Waals surface area contributed by atoms with Crippen LogP contribution in [-0.4, -0.2) is 20.4 Å². The van der Waals surface area contributed by atoms with Crippen molar-refractivity contribution in [3.8, 4) is 0 Å².